The molecule has 2 aromatic rings. The van der Waals surface area contributed by atoms with Crippen LogP contribution in [0.4, 0.5) is 11.4 Å². The van der Waals surface area contributed by atoms with E-state index in [1.54, 1.807) is 34.9 Å². The van der Waals surface area contributed by atoms with E-state index in [-0.39, 0.29) is 28.7 Å². The quantitative estimate of drug-likeness (QED) is 0.773. The van der Waals surface area contributed by atoms with E-state index >= 15 is 0 Å². The first-order valence-corrected chi connectivity index (χ1v) is 10.1. The average molecular weight is 401 g/mol. The molecule has 0 saturated carbocycles. The van der Waals surface area contributed by atoms with E-state index in [1.165, 1.54) is 18.7 Å². The normalized spacial score (nSPS) is 16.2. The number of hydrogen-bond donors (Lipinski definition) is 2. The second kappa shape index (κ2) is 7.79. The van der Waals surface area contributed by atoms with Crippen molar-refractivity contribution in [3.05, 3.63) is 46.4 Å². The number of rotatable bonds is 3. The summed E-state index contributed by atoms with van der Waals surface area (Å²) in [5.41, 5.74) is 1.74. The van der Waals surface area contributed by atoms with E-state index in [1.807, 2.05) is 20.8 Å². The molecule has 7 nitrogen and oxygen atoms in total. The molecule has 1 aliphatic heterocycles. The maximum Gasteiger partial charge on any atom is 0.254 e. The zero-order chi connectivity index (χ0) is 20.5. The smallest absolute Gasteiger partial charge is 0.254 e. The van der Waals surface area contributed by atoms with Crippen LogP contribution in [-0.2, 0) is 21.5 Å². The molecule has 1 aliphatic rings. The van der Waals surface area contributed by atoms with Gasteiger partial charge in [-0.3, -0.25) is 19.0 Å². The van der Waals surface area contributed by atoms with E-state index in [9.17, 15) is 14.4 Å². The Morgan fingerprint density at radius 3 is 2.32 bits per heavy atom. The molecule has 3 rings (SSSR count). The van der Waals surface area contributed by atoms with E-state index in [0.717, 1.165) is 5.69 Å². The number of carbonyl (C=O) groups excluding carboxylic acids is 2. The Balaban J connectivity index is 1.71. The number of nitrogens with zero attached hydrogens (tertiary/aromatic N) is 2. The molecule has 0 aliphatic carbocycles. The zero-order valence-electron chi connectivity index (χ0n) is 16.4. The van der Waals surface area contributed by atoms with Crippen molar-refractivity contribution < 1.29 is 9.59 Å². The Hall–Kier alpha value is -2.61. The molecule has 2 heterocycles. The summed E-state index contributed by atoms with van der Waals surface area (Å²) in [6.45, 7) is 7.82. The third-order valence-electron chi connectivity index (χ3n) is 4.40. The number of nitrogens with one attached hydrogen (secondary N) is 2. The van der Waals surface area contributed by atoms with Gasteiger partial charge in [-0.25, -0.2) is 4.98 Å². The maximum atomic E-state index is 12.6. The van der Waals surface area contributed by atoms with E-state index < -0.39 is 0 Å². The topological polar surface area (TPSA) is 93.1 Å². The van der Waals surface area contributed by atoms with E-state index in [4.69, 9.17) is 0 Å². The predicted octanol–water partition coefficient (Wildman–Crippen LogP) is 2.86. The van der Waals surface area contributed by atoms with Crippen LogP contribution in [0, 0.1) is 5.92 Å². The summed E-state index contributed by atoms with van der Waals surface area (Å²) >= 11 is 1.43. The largest absolute Gasteiger partial charge is 0.326 e. The maximum absolute atomic E-state index is 12.6. The van der Waals surface area contributed by atoms with Crippen LogP contribution >= 0.6 is 11.8 Å². The summed E-state index contributed by atoms with van der Waals surface area (Å²) in [5.74, 6) is -0.0522. The van der Waals surface area contributed by atoms with Crippen molar-refractivity contribution in [2.24, 2.45) is 5.92 Å². The highest BCUT2D eigenvalue weighted by molar-refractivity contribution is 7.99. The first kappa shape index (κ1) is 20.1. The molecule has 1 unspecified atom stereocenters. The van der Waals surface area contributed by atoms with Gasteiger partial charge in [0.1, 0.15) is 0 Å². The number of carbonyl (C=O) groups is 2. The SMILES string of the molecule is CC(=O)Nc1ccc(NC(=O)C2CSc3nc(C(C)(C)C)cc(=O)n3C2)cc1. The number of amides is 2. The molecule has 0 saturated heterocycles. The second-order valence-electron chi connectivity index (χ2n) is 7.88. The molecule has 2 N–H and O–H groups in total. The molecule has 1 aromatic heterocycles. The highest BCUT2D eigenvalue weighted by Crippen LogP contribution is 2.28. The van der Waals surface area contributed by atoms with E-state index in [2.05, 4.69) is 15.6 Å². The molecule has 0 radical (unpaired) electrons. The van der Waals surface area contributed by atoms with Crippen LogP contribution < -0.4 is 16.2 Å². The molecule has 2 amide bonds. The van der Waals surface area contributed by atoms with Gasteiger partial charge in [-0.05, 0) is 24.3 Å². The minimum atomic E-state index is -0.326. The number of thioether (sulfide) groups is 1. The number of benzene rings is 1. The Morgan fingerprint density at radius 2 is 1.75 bits per heavy atom. The van der Waals surface area contributed by atoms with Crippen molar-refractivity contribution in [2.45, 2.75) is 44.8 Å². The Kier molecular flexibility index (Phi) is 5.60. The number of aromatic nitrogens is 2. The van der Waals surface area contributed by atoms with Gasteiger partial charge in [0, 0.05) is 42.1 Å². The molecular formula is C20H24N4O3S. The van der Waals surface area contributed by atoms with Crippen LogP contribution in [0.15, 0.2) is 40.3 Å². The van der Waals surface area contributed by atoms with Gasteiger partial charge in [0.05, 0.1) is 11.6 Å². The van der Waals surface area contributed by atoms with Crippen molar-refractivity contribution in [1.29, 1.82) is 0 Å². The zero-order valence-corrected chi connectivity index (χ0v) is 17.2. The summed E-state index contributed by atoms with van der Waals surface area (Å²) < 4.78 is 1.58. The predicted molar refractivity (Wildman–Crippen MR) is 111 cm³/mol. The highest BCUT2D eigenvalue weighted by Gasteiger charge is 2.28. The van der Waals surface area contributed by atoms with Crippen LogP contribution in [0.5, 0.6) is 0 Å². The van der Waals surface area contributed by atoms with Gasteiger partial charge in [-0.2, -0.15) is 0 Å². The van der Waals surface area contributed by atoms with E-state index in [0.29, 0.717) is 28.8 Å². The van der Waals surface area contributed by atoms with Gasteiger partial charge in [-0.15, -0.1) is 0 Å². The van der Waals surface area contributed by atoms with Gasteiger partial charge >= 0.3 is 0 Å². The lowest BCUT2D eigenvalue weighted by molar-refractivity contribution is -0.119. The van der Waals surface area contributed by atoms with Gasteiger partial charge < -0.3 is 10.6 Å². The Labute approximate surface area is 167 Å². The van der Waals surface area contributed by atoms with Crippen LogP contribution in [0.2, 0.25) is 0 Å². The standard InChI is InChI=1S/C20H24N4O3S/c1-12(25)21-14-5-7-15(8-6-14)22-18(27)13-10-24-17(26)9-16(20(2,3)4)23-19(24)28-11-13/h5-9,13H,10-11H2,1-4H3,(H,21,25)(H,22,27). The minimum absolute atomic E-state index is 0.125. The van der Waals surface area contributed by atoms with Gasteiger partial charge in [0.2, 0.25) is 11.8 Å². The fraction of sp³-hybridized carbons (Fsp3) is 0.400. The first-order chi connectivity index (χ1) is 13.1. The fourth-order valence-electron chi connectivity index (χ4n) is 2.84. The van der Waals surface area contributed by atoms with Crippen LogP contribution in [-0.4, -0.2) is 27.1 Å². The second-order valence-corrected chi connectivity index (χ2v) is 8.87. The van der Waals surface area contributed by atoms with Crippen LogP contribution in [0.3, 0.4) is 0 Å². The molecule has 148 valence electrons. The molecule has 0 fully saturated rings. The van der Waals surface area contributed by atoms with Crippen molar-refractivity contribution in [2.75, 3.05) is 16.4 Å². The summed E-state index contributed by atoms with van der Waals surface area (Å²) in [7, 11) is 0. The summed E-state index contributed by atoms with van der Waals surface area (Å²) in [4.78, 5) is 40.9. The molecule has 0 spiro atoms. The monoisotopic (exact) mass is 400 g/mol. The van der Waals surface area contributed by atoms with Gasteiger partial charge in [-0.1, -0.05) is 32.5 Å². The van der Waals surface area contributed by atoms with Gasteiger partial charge in [0.25, 0.3) is 5.56 Å². The fourth-order valence-corrected chi connectivity index (χ4v) is 3.93. The van der Waals surface area contributed by atoms with Crippen molar-refractivity contribution >= 4 is 35.0 Å². The third kappa shape index (κ3) is 4.62. The molecule has 8 heteroatoms. The molecule has 1 atom stereocenters. The molecular weight excluding hydrogens is 376 g/mol. The minimum Gasteiger partial charge on any atom is -0.326 e. The van der Waals surface area contributed by atoms with Crippen molar-refractivity contribution in [3.63, 3.8) is 0 Å². The molecule has 28 heavy (non-hydrogen) atoms. The van der Waals surface area contributed by atoms with Crippen molar-refractivity contribution in [1.82, 2.24) is 9.55 Å². The summed E-state index contributed by atoms with van der Waals surface area (Å²) in [6, 6.07) is 8.48. The van der Waals surface area contributed by atoms with Gasteiger partial charge in [0.15, 0.2) is 5.16 Å². The highest BCUT2D eigenvalue weighted by atomic mass is 32.2. The summed E-state index contributed by atoms with van der Waals surface area (Å²) in [5, 5.41) is 6.23. The lowest BCUT2D eigenvalue weighted by atomic mass is 9.92. The lowest BCUT2D eigenvalue weighted by Gasteiger charge is -2.26. The Bertz CT molecular complexity index is 961. The average Bonchev–Trinajstić information content (AvgIpc) is 2.62. The lowest BCUT2D eigenvalue weighted by Crippen LogP contribution is -2.37. The summed E-state index contributed by atoms with van der Waals surface area (Å²) in [6.07, 6.45) is 0. The third-order valence-corrected chi connectivity index (χ3v) is 5.54. The van der Waals surface area contributed by atoms with Crippen LogP contribution in [0.1, 0.15) is 33.4 Å². The number of anilines is 2. The first-order valence-electron chi connectivity index (χ1n) is 9.07. The number of fused-ring (bicyclic) bond motifs is 1. The van der Waals surface area contributed by atoms with Crippen molar-refractivity contribution in [3.8, 4) is 0 Å². The van der Waals surface area contributed by atoms with Crippen LogP contribution in [0.25, 0.3) is 0 Å². The Morgan fingerprint density at radius 1 is 1.14 bits per heavy atom. The molecule has 0 bridgehead atoms. The molecule has 1 aromatic carbocycles. The number of hydrogen-bond acceptors (Lipinski definition) is 5.